The van der Waals surface area contributed by atoms with Gasteiger partial charge in [0.15, 0.2) is 6.10 Å². The molecule has 0 aromatic carbocycles. The molecular weight excluding hydrogens is 348 g/mol. The molecule has 12 nitrogen and oxygen atoms in total. The molecule has 4 atom stereocenters. The number of hydrogen-bond acceptors (Lipinski definition) is 10. The first-order chi connectivity index (χ1) is 11.9. The Balaban J connectivity index is 5.71. The van der Waals surface area contributed by atoms with Crippen LogP contribution < -0.4 is 0 Å². The maximum atomic E-state index is 11.5. The predicted octanol–water partition coefficient (Wildman–Crippen LogP) is -1.34. The van der Waals surface area contributed by atoms with E-state index in [1.165, 1.54) is 21.3 Å². The lowest BCUT2D eigenvalue weighted by atomic mass is 10.0. The van der Waals surface area contributed by atoms with Crippen LogP contribution in [0.1, 0.15) is 0 Å². The molecule has 12 heteroatoms. The van der Waals surface area contributed by atoms with Crippen LogP contribution in [0.15, 0.2) is 0 Å². The van der Waals surface area contributed by atoms with Gasteiger partial charge in [0, 0.05) is 21.3 Å². The summed E-state index contributed by atoms with van der Waals surface area (Å²) in [5.74, 6) is -3.07. The summed E-state index contributed by atoms with van der Waals surface area (Å²) < 4.78 is 34.0. The first-order valence-electron chi connectivity index (χ1n) is 6.80. The van der Waals surface area contributed by atoms with Crippen molar-refractivity contribution in [3.8, 4) is 0 Å². The number of carboxylic acids is 2. The normalized spacial score (nSPS) is 15.8. The average molecular weight is 370 g/mol. The Bertz CT molecular complexity index is 400. The van der Waals surface area contributed by atoms with Crippen molar-refractivity contribution < 1.29 is 57.8 Å². The summed E-state index contributed by atoms with van der Waals surface area (Å²) in [6, 6.07) is 0. The van der Waals surface area contributed by atoms with Gasteiger partial charge in [-0.1, -0.05) is 0 Å². The molecule has 0 aliphatic carbocycles. The molecule has 4 unspecified atom stereocenters. The largest absolute Gasteiger partial charge is 0.479 e. The second kappa shape index (κ2) is 13.5. The molecule has 25 heavy (non-hydrogen) atoms. The summed E-state index contributed by atoms with van der Waals surface area (Å²) in [5.41, 5.74) is 0. The van der Waals surface area contributed by atoms with Gasteiger partial charge < -0.3 is 43.4 Å². The SMILES string of the molecule is COCOC(C(=O)O)C(OCOC)C(OCOC)C(OC=O)C(=O)O. The van der Waals surface area contributed by atoms with Crippen LogP contribution in [0.25, 0.3) is 0 Å². The van der Waals surface area contributed by atoms with E-state index in [0.717, 1.165) is 0 Å². The van der Waals surface area contributed by atoms with Gasteiger partial charge in [-0.15, -0.1) is 0 Å². The molecule has 0 aromatic heterocycles. The topological polar surface area (TPSA) is 156 Å². The minimum atomic E-state index is -1.89. The maximum absolute atomic E-state index is 11.5. The molecule has 0 aliphatic heterocycles. The molecule has 0 spiro atoms. The van der Waals surface area contributed by atoms with E-state index < -0.39 is 56.7 Å². The standard InChI is InChI=1S/C13H22O12/c1-19-5-23-8(10(12(15)16)22-4-14)9(24-6-20-2)11(13(17)18)25-7-21-3/h4,8-11H,5-7H2,1-3H3,(H,15,16)(H,17,18). The van der Waals surface area contributed by atoms with E-state index in [9.17, 15) is 24.6 Å². The molecule has 0 saturated carbocycles. The molecule has 0 radical (unpaired) electrons. The van der Waals surface area contributed by atoms with Crippen molar-refractivity contribution in [2.24, 2.45) is 0 Å². The highest BCUT2D eigenvalue weighted by Crippen LogP contribution is 2.19. The summed E-state index contributed by atoms with van der Waals surface area (Å²) >= 11 is 0. The van der Waals surface area contributed by atoms with Gasteiger partial charge in [-0.05, 0) is 0 Å². The Morgan fingerprint density at radius 3 is 1.56 bits per heavy atom. The maximum Gasteiger partial charge on any atom is 0.347 e. The molecule has 0 saturated heterocycles. The average Bonchev–Trinajstić information content (AvgIpc) is 2.57. The first-order valence-corrected chi connectivity index (χ1v) is 6.80. The lowest BCUT2D eigenvalue weighted by molar-refractivity contribution is -0.233. The van der Waals surface area contributed by atoms with E-state index in [0.29, 0.717) is 0 Å². The number of methoxy groups -OCH3 is 3. The fraction of sp³-hybridized carbons (Fsp3) is 0.769. The predicted molar refractivity (Wildman–Crippen MR) is 76.5 cm³/mol. The van der Waals surface area contributed by atoms with Crippen LogP contribution in [0.3, 0.4) is 0 Å². The Kier molecular flexibility index (Phi) is 12.5. The number of carbonyl (C=O) groups excluding carboxylic acids is 1. The Labute approximate surface area is 143 Å². The van der Waals surface area contributed by atoms with E-state index in [1.807, 2.05) is 0 Å². The van der Waals surface area contributed by atoms with Gasteiger partial charge in [0.25, 0.3) is 6.47 Å². The molecule has 0 rings (SSSR count). The van der Waals surface area contributed by atoms with Crippen molar-refractivity contribution in [3.05, 3.63) is 0 Å². The Morgan fingerprint density at radius 2 is 1.20 bits per heavy atom. The molecule has 0 fully saturated rings. The molecule has 0 aromatic rings. The number of hydrogen-bond donors (Lipinski definition) is 2. The highest BCUT2D eigenvalue weighted by atomic mass is 16.7. The summed E-state index contributed by atoms with van der Waals surface area (Å²) in [6.07, 6.45) is -6.73. The van der Waals surface area contributed by atoms with Crippen LogP contribution in [0, 0.1) is 0 Å². The summed E-state index contributed by atoms with van der Waals surface area (Å²) in [7, 11) is 3.79. The van der Waals surface area contributed by atoms with Crippen LogP contribution in [-0.4, -0.2) is 94.7 Å². The third kappa shape index (κ3) is 8.20. The highest BCUT2D eigenvalue weighted by molar-refractivity contribution is 5.76. The van der Waals surface area contributed by atoms with Gasteiger partial charge in [-0.3, -0.25) is 4.79 Å². The molecule has 0 heterocycles. The first kappa shape index (κ1) is 23.2. The number of aliphatic carboxylic acids is 2. The van der Waals surface area contributed by atoms with E-state index in [2.05, 4.69) is 9.47 Å². The van der Waals surface area contributed by atoms with Gasteiger partial charge in [0.05, 0.1) is 0 Å². The zero-order valence-electron chi connectivity index (χ0n) is 14.0. The highest BCUT2D eigenvalue weighted by Gasteiger charge is 2.45. The fourth-order valence-electron chi connectivity index (χ4n) is 1.79. The fourth-order valence-corrected chi connectivity index (χ4v) is 1.79. The van der Waals surface area contributed by atoms with Crippen LogP contribution >= 0.6 is 0 Å². The number of rotatable bonds is 16. The van der Waals surface area contributed by atoms with Crippen LogP contribution in [-0.2, 0) is 47.5 Å². The molecular formula is C13H22O12. The van der Waals surface area contributed by atoms with Gasteiger partial charge in [0.1, 0.15) is 32.6 Å². The molecule has 0 bridgehead atoms. The third-order valence-corrected chi connectivity index (χ3v) is 2.73. The zero-order valence-corrected chi connectivity index (χ0v) is 14.0. The molecule has 2 N–H and O–H groups in total. The van der Waals surface area contributed by atoms with E-state index in [1.54, 1.807) is 0 Å². The van der Waals surface area contributed by atoms with E-state index in [-0.39, 0.29) is 6.47 Å². The van der Waals surface area contributed by atoms with Crippen molar-refractivity contribution in [3.63, 3.8) is 0 Å². The Morgan fingerprint density at radius 1 is 0.800 bits per heavy atom. The second-order valence-corrected chi connectivity index (χ2v) is 4.40. The van der Waals surface area contributed by atoms with Crippen molar-refractivity contribution in [1.82, 2.24) is 0 Å². The monoisotopic (exact) mass is 370 g/mol. The Hall–Kier alpha value is -1.83. The smallest absolute Gasteiger partial charge is 0.347 e. The summed E-state index contributed by atoms with van der Waals surface area (Å²) in [4.78, 5) is 33.5. The molecule has 0 aliphatic rings. The van der Waals surface area contributed by atoms with Gasteiger partial charge in [-0.25, -0.2) is 9.59 Å². The van der Waals surface area contributed by atoms with Crippen molar-refractivity contribution in [2.75, 3.05) is 41.7 Å². The van der Waals surface area contributed by atoms with Crippen molar-refractivity contribution >= 4 is 18.4 Å². The summed E-state index contributed by atoms with van der Waals surface area (Å²) in [5, 5.41) is 18.6. The van der Waals surface area contributed by atoms with Crippen LogP contribution in [0.2, 0.25) is 0 Å². The minimum absolute atomic E-state index is 0.110. The van der Waals surface area contributed by atoms with Gasteiger partial charge in [0.2, 0.25) is 6.10 Å². The van der Waals surface area contributed by atoms with Crippen molar-refractivity contribution in [1.29, 1.82) is 0 Å². The van der Waals surface area contributed by atoms with Crippen LogP contribution in [0.5, 0.6) is 0 Å². The second-order valence-electron chi connectivity index (χ2n) is 4.40. The zero-order chi connectivity index (χ0) is 19.2. The minimum Gasteiger partial charge on any atom is -0.479 e. The van der Waals surface area contributed by atoms with E-state index in [4.69, 9.17) is 23.7 Å². The molecule has 146 valence electrons. The number of carboxylic acid groups (broad SMARTS) is 2. The van der Waals surface area contributed by atoms with Crippen LogP contribution in [0.4, 0.5) is 0 Å². The van der Waals surface area contributed by atoms with Gasteiger partial charge in [-0.2, -0.15) is 0 Å². The quantitative estimate of drug-likeness (QED) is 0.244. The lowest BCUT2D eigenvalue weighted by Gasteiger charge is -2.33. The third-order valence-electron chi connectivity index (χ3n) is 2.73. The van der Waals surface area contributed by atoms with Crippen molar-refractivity contribution in [2.45, 2.75) is 24.4 Å². The summed E-state index contributed by atoms with van der Waals surface area (Å²) in [6.45, 7) is -1.38. The van der Waals surface area contributed by atoms with Gasteiger partial charge >= 0.3 is 11.9 Å². The van der Waals surface area contributed by atoms with E-state index >= 15 is 0 Å². The number of ether oxygens (including phenoxy) is 7. The number of carbonyl (C=O) groups is 3. The molecule has 0 amide bonds. The lowest BCUT2D eigenvalue weighted by Crippen LogP contribution is -2.54.